The van der Waals surface area contributed by atoms with E-state index in [0.717, 1.165) is 25.9 Å². The summed E-state index contributed by atoms with van der Waals surface area (Å²) in [6, 6.07) is 0. The van der Waals surface area contributed by atoms with E-state index in [1.54, 1.807) is 0 Å². The molecule has 3 N–H and O–H groups in total. The van der Waals surface area contributed by atoms with Crippen LogP contribution >= 0.6 is 0 Å². The van der Waals surface area contributed by atoms with E-state index >= 15 is 0 Å². The predicted molar refractivity (Wildman–Crippen MR) is 64.4 cm³/mol. The molecule has 0 aromatic rings. The second kappa shape index (κ2) is 10.7. The first-order chi connectivity index (χ1) is 6.81. The van der Waals surface area contributed by atoms with Crippen LogP contribution in [-0.4, -0.2) is 20.1 Å². The summed E-state index contributed by atoms with van der Waals surface area (Å²) in [6.45, 7) is 5.72. The Labute approximate surface area is 89.0 Å². The maximum absolute atomic E-state index is 5.36. The van der Waals surface area contributed by atoms with Crippen LogP contribution < -0.4 is 11.1 Å². The molecule has 0 bridgehead atoms. The van der Waals surface area contributed by atoms with Crippen LogP contribution in [0.15, 0.2) is 12.2 Å². The van der Waals surface area contributed by atoms with E-state index in [0.29, 0.717) is 0 Å². The lowest BCUT2D eigenvalue weighted by atomic mass is 10.0. The topological polar surface area (TPSA) is 38.0 Å². The highest BCUT2D eigenvalue weighted by atomic mass is 14.8. The zero-order valence-corrected chi connectivity index (χ0v) is 9.65. The molecule has 2 heteroatoms. The van der Waals surface area contributed by atoms with Gasteiger partial charge >= 0.3 is 0 Å². The Morgan fingerprint density at radius 2 is 1.79 bits per heavy atom. The summed E-state index contributed by atoms with van der Waals surface area (Å²) in [4.78, 5) is 0. The van der Waals surface area contributed by atoms with Crippen molar-refractivity contribution in [3.05, 3.63) is 12.2 Å². The summed E-state index contributed by atoms with van der Waals surface area (Å²) in [6.07, 6.45) is 9.26. The molecule has 0 radical (unpaired) electrons. The van der Waals surface area contributed by atoms with Gasteiger partial charge in [-0.05, 0) is 39.4 Å². The molecule has 84 valence electrons. The van der Waals surface area contributed by atoms with Crippen LogP contribution in [0.1, 0.15) is 44.9 Å². The molecule has 0 unspecified atom stereocenters. The van der Waals surface area contributed by atoms with Gasteiger partial charge in [0, 0.05) is 0 Å². The fourth-order valence-corrected chi connectivity index (χ4v) is 1.09. The first kappa shape index (κ1) is 13.7. The largest absolute Gasteiger partial charge is 0.330 e. The van der Waals surface area contributed by atoms with Gasteiger partial charge in [0.2, 0.25) is 0 Å². The zero-order chi connectivity index (χ0) is 10.6. The molecule has 1 aliphatic rings. The van der Waals surface area contributed by atoms with Gasteiger partial charge in [-0.2, -0.15) is 0 Å². The number of rotatable bonds is 6. The lowest BCUT2D eigenvalue weighted by molar-refractivity contribution is 0.504. The van der Waals surface area contributed by atoms with Gasteiger partial charge in [0.1, 0.15) is 0 Å². The summed E-state index contributed by atoms with van der Waals surface area (Å²) < 4.78 is 0. The van der Waals surface area contributed by atoms with Gasteiger partial charge in [-0.25, -0.2) is 0 Å². The SMILES string of the molecule is C1CCC1.C=C(CCN)CCCNC. The molecular weight excluding hydrogens is 172 g/mol. The third-order valence-corrected chi connectivity index (χ3v) is 2.45. The smallest absolute Gasteiger partial charge is 0.00400 e. The third-order valence-electron chi connectivity index (χ3n) is 2.45. The number of nitrogens with two attached hydrogens (primary N) is 1. The molecule has 1 aliphatic carbocycles. The fraction of sp³-hybridized carbons (Fsp3) is 0.833. The predicted octanol–water partition coefficient (Wildman–Crippen LogP) is 2.45. The van der Waals surface area contributed by atoms with Gasteiger partial charge in [-0.15, -0.1) is 0 Å². The van der Waals surface area contributed by atoms with E-state index in [1.807, 2.05) is 7.05 Å². The minimum atomic E-state index is 0.735. The van der Waals surface area contributed by atoms with Crippen molar-refractivity contribution in [2.45, 2.75) is 44.9 Å². The Hall–Kier alpha value is -0.340. The molecule has 1 rings (SSSR count). The molecule has 0 saturated heterocycles. The van der Waals surface area contributed by atoms with Crippen molar-refractivity contribution in [2.75, 3.05) is 20.1 Å². The van der Waals surface area contributed by atoms with E-state index in [2.05, 4.69) is 11.9 Å². The van der Waals surface area contributed by atoms with Crippen LogP contribution in [0.5, 0.6) is 0 Å². The average Bonchev–Trinajstić information content (AvgIpc) is 2.02. The summed E-state index contributed by atoms with van der Waals surface area (Å²) in [7, 11) is 1.96. The molecule has 0 aliphatic heterocycles. The zero-order valence-electron chi connectivity index (χ0n) is 9.65. The quantitative estimate of drug-likeness (QED) is 0.508. The van der Waals surface area contributed by atoms with Crippen molar-refractivity contribution >= 4 is 0 Å². The summed E-state index contributed by atoms with van der Waals surface area (Å²) >= 11 is 0. The summed E-state index contributed by atoms with van der Waals surface area (Å²) in [5.41, 5.74) is 6.63. The van der Waals surface area contributed by atoms with Crippen LogP contribution in [0.3, 0.4) is 0 Å². The van der Waals surface area contributed by atoms with Crippen LogP contribution in [0.25, 0.3) is 0 Å². The van der Waals surface area contributed by atoms with Gasteiger partial charge in [0.05, 0.1) is 0 Å². The van der Waals surface area contributed by atoms with Crippen molar-refractivity contribution in [1.82, 2.24) is 5.32 Å². The summed E-state index contributed by atoms with van der Waals surface area (Å²) in [5, 5.41) is 3.09. The fourth-order valence-electron chi connectivity index (χ4n) is 1.09. The van der Waals surface area contributed by atoms with Crippen molar-refractivity contribution in [3.63, 3.8) is 0 Å². The maximum atomic E-state index is 5.36. The Balaban J connectivity index is 0.000000344. The van der Waals surface area contributed by atoms with Crippen LogP contribution in [-0.2, 0) is 0 Å². The lowest BCUT2D eigenvalue weighted by Gasteiger charge is -2.05. The Morgan fingerprint density at radius 1 is 1.21 bits per heavy atom. The molecule has 0 heterocycles. The molecule has 14 heavy (non-hydrogen) atoms. The Morgan fingerprint density at radius 3 is 2.14 bits per heavy atom. The molecule has 1 fully saturated rings. The first-order valence-electron chi connectivity index (χ1n) is 5.82. The van der Waals surface area contributed by atoms with E-state index < -0.39 is 0 Å². The molecule has 0 aromatic heterocycles. The molecule has 0 amide bonds. The second-order valence-corrected chi connectivity index (χ2v) is 3.91. The highest BCUT2D eigenvalue weighted by molar-refractivity contribution is 4.93. The molecule has 0 atom stereocenters. The van der Waals surface area contributed by atoms with E-state index in [9.17, 15) is 0 Å². The highest BCUT2D eigenvalue weighted by Gasteiger charge is 1.95. The Kier molecular flexibility index (Phi) is 10.5. The molecule has 2 nitrogen and oxygen atoms in total. The van der Waals surface area contributed by atoms with Crippen molar-refractivity contribution in [2.24, 2.45) is 5.73 Å². The van der Waals surface area contributed by atoms with Crippen molar-refractivity contribution in [3.8, 4) is 0 Å². The van der Waals surface area contributed by atoms with E-state index in [-0.39, 0.29) is 0 Å². The number of hydrogen-bond acceptors (Lipinski definition) is 2. The van der Waals surface area contributed by atoms with Gasteiger partial charge in [-0.3, -0.25) is 0 Å². The van der Waals surface area contributed by atoms with Gasteiger partial charge in [-0.1, -0.05) is 37.8 Å². The molecule has 1 saturated carbocycles. The van der Waals surface area contributed by atoms with Gasteiger partial charge in [0.15, 0.2) is 0 Å². The monoisotopic (exact) mass is 198 g/mol. The molecule has 0 spiro atoms. The van der Waals surface area contributed by atoms with Crippen LogP contribution in [0.4, 0.5) is 0 Å². The Bertz CT molecular complexity index is 124. The number of hydrogen-bond donors (Lipinski definition) is 2. The molecular formula is C12H26N2. The summed E-state index contributed by atoms with van der Waals surface area (Å²) in [5.74, 6) is 0. The second-order valence-electron chi connectivity index (χ2n) is 3.91. The van der Waals surface area contributed by atoms with Crippen LogP contribution in [0.2, 0.25) is 0 Å². The van der Waals surface area contributed by atoms with E-state index in [4.69, 9.17) is 5.73 Å². The minimum Gasteiger partial charge on any atom is -0.330 e. The standard InChI is InChI=1S/C8H18N2.C4H8/c1-8(5-6-9)4-3-7-10-2;1-2-4-3-1/h10H,1,3-7,9H2,2H3;1-4H2. The first-order valence-corrected chi connectivity index (χ1v) is 5.82. The third kappa shape index (κ3) is 9.75. The van der Waals surface area contributed by atoms with Crippen LogP contribution in [0, 0.1) is 0 Å². The van der Waals surface area contributed by atoms with Crippen molar-refractivity contribution in [1.29, 1.82) is 0 Å². The maximum Gasteiger partial charge on any atom is -0.00400 e. The van der Waals surface area contributed by atoms with Crippen molar-refractivity contribution < 1.29 is 0 Å². The van der Waals surface area contributed by atoms with E-state index in [1.165, 1.54) is 37.7 Å². The number of nitrogens with one attached hydrogen (secondary N) is 1. The normalized spacial score (nSPS) is 13.9. The van der Waals surface area contributed by atoms with Gasteiger partial charge in [0.25, 0.3) is 0 Å². The lowest BCUT2D eigenvalue weighted by Crippen LogP contribution is -2.08. The average molecular weight is 198 g/mol. The molecule has 0 aromatic carbocycles. The highest BCUT2D eigenvalue weighted by Crippen LogP contribution is 2.15. The minimum absolute atomic E-state index is 0.735. The van der Waals surface area contributed by atoms with Gasteiger partial charge < -0.3 is 11.1 Å².